The molecule has 0 saturated heterocycles. The van der Waals surface area contributed by atoms with Gasteiger partial charge >= 0.3 is 23.9 Å². The zero-order valence-electron chi connectivity index (χ0n) is 18.5. The highest BCUT2D eigenvalue weighted by Gasteiger charge is 2.24. The first-order chi connectivity index (χ1) is 16.3. The Morgan fingerprint density at radius 1 is 0.588 bits per heavy atom. The second-order valence-electron chi connectivity index (χ2n) is 7.12. The fourth-order valence-corrected chi connectivity index (χ4v) is 3.53. The Hall–Kier alpha value is -4.46. The Balaban J connectivity index is 2.23. The van der Waals surface area contributed by atoms with Crippen LogP contribution in [0.15, 0.2) is 60.7 Å². The van der Waals surface area contributed by atoms with E-state index in [0.717, 1.165) is 0 Å². The van der Waals surface area contributed by atoms with E-state index in [1.165, 1.54) is 60.7 Å². The maximum absolute atomic E-state index is 12.1. The van der Waals surface area contributed by atoms with Gasteiger partial charge in [0.15, 0.2) is 0 Å². The van der Waals surface area contributed by atoms with Gasteiger partial charge in [0.05, 0.1) is 35.5 Å². The average molecular weight is 462 g/mol. The largest absolute Gasteiger partial charge is 0.478 e. The van der Waals surface area contributed by atoms with E-state index in [2.05, 4.69) is 0 Å². The number of rotatable bonds is 8. The van der Waals surface area contributed by atoms with Crippen LogP contribution in [0, 0.1) is 0 Å². The van der Waals surface area contributed by atoms with E-state index in [1.807, 2.05) is 0 Å². The van der Waals surface area contributed by atoms with Crippen LogP contribution in [0.1, 0.15) is 55.3 Å². The summed E-state index contributed by atoms with van der Waals surface area (Å²) in [7, 11) is 0. The fourth-order valence-electron chi connectivity index (χ4n) is 3.53. The normalized spacial score (nSPS) is 10.4. The molecule has 0 heterocycles. The van der Waals surface area contributed by atoms with Crippen molar-refractivity contribution in [2.24, 2.45) is 0 Å². The van der Waals surface area contributed by atoms with Crippen molar-refractivity contribution in [1.82, 2.24) is 0 Å². The van der Waals surface area contributed by atoms with Crippen molar-refractivity contribution < 1.29 is 38.9 Å². The molecule has 3 aromatic carbocycles. The lowest BCUT2D eigenvalue weighted by molar-refractivity contribution is 0.0517. The predicted octanol–water partition coefficient (Wildman–Crippen LogP) is 4.77. The maximum Gasteiger partial charge on any atom is 0.338 e. The third-order valence-electron chi connectivity index (χ3n) is 5.04. The van der Waals surface area contributed by atoms with Crippen molar-refractivity contribution in [3.8, 4) is 22.3 Å². The van der Waals surface area contributed by atoms with Gasteiger partial charge < -0.3 is 19.7 Å². The fraction of sp³-hybridized carbons (Fsp3) is 0.154. The summed E-state index contributed by atoms with van der Waals surface area (Å²) in [6.45, 7) is 3.78. The number of carboxylic acids is 2. The molecule has 0 aromatic heterocycles. The van der Waals surface area contributed by atoms with Crippen LogP contribution in [0.25, 0.3) is 22.3 Å². The molecule has 8 nitrogen and oxygen atoms in total. The second-order valence-corrected chi connectivity index (χ2v) is 7.12. The summed E-state index contributed by atoms with van der Waals surface area (Å²) < 4.78 is 9.96. The summed E-state index contributed by atoms with van der Waals surface area (Å²) in [5.41, 5.74) is 1.47. The molecule has 0 spiro atoms. The lowest BCUT2D eigenvalue weighted by atomic mass is 9.86. The molecule has 0 bridgehead atoms. The first-order valence-electron chi connectivity index (χ1n) is 10.5. The molecule has 2 N–H and O–H groups in total. The number of aromatic carboxylic acids is 2. The van der Waals surface area contributed by atoms with Gasteiger partial charge in [-0.25, -0.2) is 19.2 Å². The first-order valence-corrected chi connectivity index (χ1v) is 10.5. The number of ether oxygens (including phenoxy) is 2. The zero-order chi connectivity index (χ0) is 24.8. The van der Waals surface area contributed by atoms with Gasteiger partial charge in [0.1, 0.15) is 0 Å². The van der Waals surface area contributed by atoms with E-state index in [-0.39, 0.29) is 46.6 Å². The first kappa shape index (κ1) is 24.2. The summed E-state index contributed by atoms with van der Waals surface area (Å²) in [5.74, 6) is -3.54. The quantitative estimate of drug-likeness (QED) is 0.458. The van der Waals surface area contributed by atoms with Gasteiger partial charge in [-0.3, -0.25) is 0 Å². The molecule has 0 unspecified atom stereocenters. The van der Waals surface area contributed by atoms with Crippen molar-refractivity contribution >= 4 is 23.9 Å². The van der Waals surface area contributed by atoms with Crippen LogP contribution in [0.2, 0.25) is 0 Å². The van der Waals surface area contributed by atoms with Crippen LogP contribution in [0.5, 0.6) is 0 Å². The minimum atomic E-state index is -1.24. The van der Waals surface area contributed by atoms with Crippen LogP contribution in [0.3, 0.4) is 0 Å². The van der Waals surface area contributed by atoms with Crippen molar-refractivity contribution in [1.29, 1.82) is 0 Å². The molecule has 3 rings (SSSR count). The van der Waals surface area contributed by atoms with E-state index >= 15 is 0 Å². The molecule has 0 radical (unpaired) electrons. The molecular weight excluding hydrogens is 440 g/mol. The molecule has 0 amide bonds. The Bertz CT molecular complexity index is 1140. The standard InChI is InChI=1S/C26H22O8/c1-3-33-25(31)17-9-5-15(6-10-17)21-19(23(27)28)13-14-20(24(29)30)22(21)16-7-11-18(12-8-16)26(32)34-4-2/h5-14H,3-4H2,1-2H3,(H,27,28)(H,29,30). The molecule has 34 heavy (non-hydrogen) atoms. The van der Waals surface area contributed by atoms with Crippen LogP contribution >= 0.6 is 0 Å². The average Bonchev–Trinajstić information content (AvgIpc) is 2.83. The van der Waals surface area contributed by atoms with Gasteiger partial charge in [-0.15, -0.1) is 0 Å². The molecule has 3 aromatic rings. The van der Waals surface area contributed by atoms with E-state index in [9.17, 15) is 29.4 Å². The molecule has 0 saturated carbocycles. The molecule has 0 atom stereocenters. The molecule has 0 aliphatic heterocycles. The molecule has 0 aliphatic carbocycles. The molecule has 0 aliphatic rings. The van der Waals surface area contributed by atoms with Crippen molar-refractivity contribution in [3.05, 3.63) is 82.9 Å². The van der Waals surface area contributed by atoms with Crippen LogP contribution in [-0.2, 0) is 9.47 Å². The highest BCUT2D eigenvalue weighted by molar-refractivity contribution is 6.08. The van der Waals surface area contributed by atoms with E-state index < -0.39 is 23.9 Å². The van der Waals surface area contributed by atoms with Crippen molar-refractivity contribution in [2.45, 2.75) is 13.8 Å². The Labute approximate surface area is 195 Å². The molecular formula is C26H22O8. The summed E-state index contributed by atoms with van der Waals surface area (Å²) in [4.78, 5) is 48.1. The van der Waals surface area contributed by atoms with Crippen molar-refractivity contribution in [2.75, 3.05) is 13.2 Å². The highest BCUT2D eigenvalue weighted by atomic mass is 16.5. The summed E-state index contributed by atoms with van der Waals surface area (Å²) in [6.07, 6.45) is 0. The van der Waals surface area contributed by atoms with Gasteiger partial charge in [0.2, 0.25) is 0 Å². The Morgan fingerprint density at radius 3 is 1.18 bits per heavy atom. The van der Waals surface area contributed by atoms with Crippen LogP contribution < -0.4 is 0 Å². The number of hydrogen-bond acceptors (Lipinski definition) is 6. The summed E-state index contributed by atoms with van der Waals surface area (Å²) in [5, 5.41) is 19.7. The van der Waals surface area contributed by atoms with Gasteiger partial charge in [0, 0.05) is 11.1 Å². The lowest BCUT2D eigenvalue weighted by Crippen LogP contribution is -2.08. The molecule has 8 heteroatoms. The number of hydrogen-bond donors (Lipinski definition) is 2. The second kappa shape index (κ2) is 10.4. The number of carbonyl (C=O) groups excluding carboxylic acids is 2. The molecule has 0 fully saturated rings. The van der Waals surface area contributed by atoms with Crippen molar-refractivity contribution in [3.63, 3.8) is 0 Å². The van der Waals surface area contributed by atoms with Crippen LogP contribution in [-0.4, -0.2) is 47.3 Å². The Morgan fingerprint density at radius 2 is 0.912 bits per heavy atom. The zero-order valence-corrected chi connectivity index (χ0v) is 18.5. The maximum atomic E-state index is 12.1. The summed E-state index contributed by atoms with van der Waals surface area (Å²) >= 11 is 0. The van der Waals surface area contributed by atoms with Gasteiger partial charge in [-0.05, 0) is 61.4 Å². The monoisotopic (exact) mass is 462 g/mol. The summed E-state index contributed by atoms with van der Waals surface area (Å²) in [6, 6.07) is 14.6. The number of carbonyl (C=O) groups is 4. The smallest absolute Gasteiger partial charge is 0.338 e. The third kappa shape index (κ3) is 4.96. The van der Waals surface area contributed by atoms with E-state index in [0.29, 0.717) is 11.1 Å². The highest BCUT2D eigenvalue weighted by Crippen LogP contribution is 2.38. The molecule has 174 valence electrons. The Kier molecular flexibility index (Phi) is 7.43. The van der Waals surface area contributed by atoms with Crippen LogP contribution in [0.4, 0.5) is 0 Å². The van der Waals surface area contributed by atoms with Gasteiger partial charge in [-0.2, -0.15) is 0 Å². The minimum absolute atomic E-state index is 0.113. The predicted molar refractivity (Wildman–Crippen MR) is 123 cm³/mol. The van der Waals surface area contributed by atoms with E-state index in [4.69, 9.17) is 9.47 Å². The third-order valence-corrected chi connectivity index (χ3v) is 5.04. The van der Waals surface area contributed by atoms with E-state index in [1.54, 1.807) is 13.8 Å². The lowest BCUT2D eigenvalue weighted by Gasteiger charge is -2.17. The number of benzene rings is 3. The van der Waals surface area contributed by atoms with Gasteiger partial charge in [0.25, 0.3) is 0 Å². The number of esters is 2. The number of carboxylic acid groups (broad SMARTS) is 2. The minimum Gasteiger partial charge on any atom is -0.478 e. The SMILES string of the molecule is CCOC(=O)c1ccc(-c2c(C(=O)O)ccc(C(=O)O)c2-c2ccc(C(=O)OCC)cc2)cc1. The topological polar surface area (TPSA) is 127 Å². The van der Waals surface area contributed by atoms with Gasteiger partial charge in [-0.1, -0.05) is 24.3 Å².